The quantitative estimate of drug-likeness (QED) is 0.770. The van der Waals surface area contributed by atoms with E-state index in [4.69, 9.17) is 4.74 Å². The molecule has 1 unspecified atom stereocenters. The monoisotopic (exact) mass is 254 g/mol. The molecule has 2 fully saturated rings. The molecule has 4 heteroatoms. The van der Waals surface area contributed by atoms with Crippen LogP contribution in [0.25, 0.3) is 0 Å². The van der Waals surface area contributed by atoms with Crippen molar-refractivity contribution in [3.8, 4) is 0 Å². The molecule has 0 radical (unpaired) electrons. The number of carbonyl (C=O) groups excluding carboxylic acids is 1. The molecule has 104 valence electrons. The highest BCUT2D eigenvalue weighted by Gasteiger charge is 2.27. The first-order valence-corrected chi connectivity index (χ1v) is 7.31. The van der Waals surface area contributed by atoms with Crippen LogP contribution >= 0.6 is 0 Å². The topological polar surface area (TPSA) is 41.6 Å². The lowest BCUT2D eigenvalue weighted by Crippen LogP contribution is -2.53. The fourth-order valence-electron chi connectivity index (χ4n) is 3.22. The van der Waals surface area contributed by atoms with E-state index in [1.807, 2.05) is 0 Å². The maximum atomic E-state index is 11.4. The van der Waals surface area contributed by atoms with E-state index in [1.165, 1.54) is 45.8 Å². The normalized spacial score (nSPS) is 27.1. The number of nitrogens with one attached hydrogen (secondary N) is 1. The summed E-state index contributed by atoms with van der Waals surface area (Å²) in [5, 5.41) is 3.38. The predicted octanol–water partition coefficient (Wildman–Crippen LogP) is 1.40. The van der Waals surface area contributed by atoms with Gasteiger partial charge in [-0.15, -0.1) is 0 Å². The third-order valence-electron chi connectivity index (χ3n) is 4.32. The van der Waals surface area contributed by atoms with Crippen molar-refractivity contribution in [1.29, 1.82) is 0 Å². The molecule has 0 aromatic rings. The fourth-order valence-corrected chi connectivity index (χ4v) is 3.22. The van der Waals surface area contributed by atoms with E-state index in [-0.39, 0.29) is 5.97 Å². The Labute approximate surface area is 110 Å². The Kier molecular flexibility index (Phi) is 5.45. The summed E-state index contributed by atoms with van der Waals surface area (Å²) in [6, 6.07) is 0.327. The molecule has 0 aromatic carbocycles. The minimum absolute atomic E-state index is 0.0858. The van der Waals surface area contributed by atoms with Crippen molar-refractivity contribution in [2.45, 2.75) is 44.6 Å². The predicted molar refractivity (Wildman–Crippen MR) is 71.4 cm³/mol. The van der Waals surface area contributed by atoms with E-state index < -0.39 is 0 Å². The van der Waals surface area contributed by atoms with Crippen molar-refractivity contribution in [3.63, 3.8) is 0 Å². The summed E-state index contributed by atoms with van der Waals surface area (Å²) >= 11 is 0. The second-order valence-corrected chi connectivity index (χ2v) is 5.64. The second kappa shape index (κ2) is 7.10. The number of hydrogen-bond acceptors (Lipinski definition) is 4. The van der Waals surface area contributed by atoms with Gasteiger partial charge in [0.2, 0.25) is 0 Å². The van der Waals surface area contributed by atoms with E-state index in [0.29, 0.717) is 12.5 Å². The van der Waals surface area contributed by atoms with E-state index in [9.17, 15) is 4.79 Å². The highest BCUT2D eigenvalue weighted by Crippen LogP contribution is 2.25. The van der Waals surface area contributed by atoms with Gasteiger partial charge in [-0.3, -0.25) is 9.69 Å². The van der Waals surface area contributed by atoms with Gasteiger partial charge in [0.15, 0.2) is 0 Å². The molecule has 1 saturated heterocycles. The van der Waals surface area contributed by atoms with Crippen LogP contribution < -0.4 is 5.32 Å². The van der Waals surface area contributed by atoms with Crippen molar-refractivity contribution < 1.29 is 9.53 Å². The highest BCUT2D eigenvalue weighted by atomic mass is 16.5. The van der Waals surface area contributed by atoms with Crippen molar-refractivity contribution in [3.05, 3.63) is 0 Å². The maximum absolute atomic E-state index is 11.4. The van der Waals surface area contributed by atoms with Gasteiger partial charge in [-0.2, -0.15) is 0 Å². The molecular weight excluding hydrogens is 228 g/mol. The molecule has 1 heterocycles. The van der Waals surface area contributed by atoms with Gasteiger partial charge in [0.25, 0.3) is 0 Å². The molecule has 2 rings (SSSR count). The van der Waals surface area contributed by atoms with E-state index >= 15 is 0 Å². The van der Waals surface area contributed by atoms with Gasteiger partial charge >= 0.3 is 5.97 Å². The highest BCUT2D eigenvalue weighted by molar-refractivity contribution is 5.69. The maximum Gasteiger partial charge on any atom is 0.307 e. The Bertz CT molecular complexity index is 265. The van der Waals surface area contributed by atoms with Crippen molar-refractivity contribution in [2.75, 3.05) is 33.3 Å². The summed E-state index contributed by atoms with van der Waals surface area (Å²) in [6.07, 6.45) is 7.44. The standard InChI is InChI=1S/C14H26N2O2/c1-18-14(17)9-13-10-15-7-8-16(13)11-12-5-3-2-4-6-12/h12-13,15H,2-11H2,1H3. The van der Waals surface area contributed by atoms with E-state index in [2.05, 4.69) is 10.2 Å². The third-order valence-corrected chi connectivity index (χ3v) is 4.32. The van der Waals surface area contributed by atoms with Crippen molar-refractivity contribution in [2.24, 2.45) is 5.92 Å². The first-order chi connectivity index (χ1) is 8.79. The van der Waals surface area contributed by atoms with Gasteiger partial charge in [0, 0.05) is 32.2 Å². The van der Waals surface area contributed by atoms with E-state index in [1.54, 1.807) is 0 Å². The first-order valence-electron chi connectivity index (χ1n) is 7.31. The Hall–Kier alpha value is -0.610. The Morgan fingerprint density at radius 1 is 1.33 bits per heavy atom. The summed E-state index contributed by atoms with van der Waals surface area (Å²) in [6.45, 7) is 4.20. The number of esters is 1. The minimum atomic E-state index is -0.0858. The molecule has 1 aliphatic carbocycles. The zero-order chi connectivity index (χ0) is 12.8. The van der Waals surface area contributed by atoms with E-state index in [0.717, 1.165) is 25.6 Å². The number of rotatable bonds is 4. The zero-order valence-electron chi connectivity index (χ0n) is 11.5. The summed E-state index contributed by atoms with van der Waals surface area (Å²) in [4.78, 5) is 13.9. The van der Waals surface area contributed by atoms with Crippen LogP contribution in [-0.2, 0) is 9.53 Å². The van der Waals surface area contributed by atoms with Gasteiger partial charge in [-0.25, -0.2) is 0 Å². The number of hydrogen-bond donors (Lipinski definition) is 1. The summed E-state index contributed by atoms with van der Waals surface area (Å²) in [5.41, 5.74) is 0. The number of nitrogens with zero attached hydrogens (tertiary/aromatic N) is 1. The minimum Gasteiger partial charge on any atom is -0.469 e. The van der Waals surface area contributed by atoms with Crippen LogP contribution in [0.2, 0.25) is 0 Å². The molecule has 1 atom stereocenters. The Morgan fingerprint density at radius 3 is 2.83 bits per heavy atom. The van der Waals surface area contributed by atoms with Crippen molar-refractivity contribution in [1.82, 2.24) is 10.2 Å². The number of methoxy groups -OCH3 is 1. The molecule has 0 spiro atoms. The number of piperazine rings is 1. The lowest BCUT2D eigenvalue weighted by molar-refractivity contribution is -0.142. The summed E-state index contributed by atoms with van der Waals surface area (Å²) < 4.78 is 4.80. The number of carbonyl (C=O) groups is 1. The van der Waals surface area contributed by atoms with Gasteiger partial charge < -0.3 is 10.1 Å². The SMILES string of the molecule is COC(=O)CC1CNCCN1CC1CCCCC1. The fraction of sp³-hybridized carbons (Fsp3) is 0.929. The Morgan fingerprint density at radius 2 is 2.11 bits per heavy atom. The lowest BCUT2D eigenvalue weighted by Gasteiger charge is -2.38. The molecule has 18 heavy (non-hydrogen) atoms. The molecule has 0 aromatic heterocycles. The van der Waals surface area contributed by atoms with Crippen LogP contribution in [0.15, 0.2) is 0 Å². The van der Waals surface area contributed by atoms with Crippen LogP contribution in [-0.4, -0.2) is 50.2 Å². The van der Waals surface area contributed by atoms with Gasteiger partial charge in [0.1, 0.15) is 0 Å². The van der Waals surface area contributed by atoms with Crippen LogP contribution in [0.1, 0.15) is 38.5 Å². The molecule has 0 bridgehead atoms. The average molecular weight is 254 g/mol. The average Bonchev–Trinajstić information content (AvgIpc) is 2.42. The smallest absolute Gasteiger partial charge is 0.307 e. The van der Waals surface area contributed by atoms with Crippen molar-refractivity contribution >= 4 is 5.97 Å². The third kappa shape index (κ3) is 3.95. The largest absolute Gasteiger partial charge is 0.469 e. The summed E-state index contributed by atoms with van der Waals surface area (Å²) in [5.74, 6) is 0.759. The number of ether oxygens (including phenoxy) is 1. The van der Waals surface area contributed by atoms with Gasteiger partial charge in [0.05, 0.1) is 13.5 Å². The van der Waals surface area contributed by atoms with Crippen LogP contribution in [0.5, 0.6) is 0 Å². The molecule has 0 amide bonds. The molecule has 1 N–H and O–H groups in total. The van der Waals surface area contributed by atoms with Gasteiger partial charge in [-0.05, 0) is 18.8 Å². The molecule has 4 nitrogen and oxygen atoms in total. The first kappa shape index (κ1) is 13.8. The second-order valence-electron chi connectivity index (χ2n) is 5.64. The Balaban J connectivity index is 1.84. The van der Waals surface area contributed by atoms with Crippen LogP contribution in [0.4, 0.5) is 0 Å². The molecule has 2 aliphatic rings. The zero-order valence-corrected chi connectivity index (χ0v) is 11.5. The van der Waals surface area contributed by atoms with Crippen LogP contribution in [0, 0.1) is 5.92 Å². The summed E-state index contributed by atoms with van der Waals surface area (Å²) in [7, 11) is 1.48. The molecular formula is C14H26N2O2. The molecule has 1 aliphatic heterocycles. The van der Waals surface area contributed by atoms with Crippen LogP contribution in [0.3, 0.4) is 0 Å². The van der Waals surface area contributed by atoms with Gasteiger partial charge in [-0.1, -0.05) is 19.3 Å². The lowest BCUT2D eigenvalue weighted by atomic mass is 9.88. The molecule has 1 saturated carbocycles.